The van der Waals surface area contributed by atoms with E-state index in [0.29, 0.717) is 24.5 Å². The molecule has 1 heterocycles. The Hall–Kier alpha value is -1.97. The maximum atomic E-state index is 11.4. The zero-order valence-corrected chi connectivity index (χ0v) is 9.95. The van der Waals surface area contributed by atoms with Crippen LogP contribution in [-0.4, -0.2) is 26.5 Å². The van der Waals surface area contributed by atoms with Crippen molar-refractivity contribution in [2.45, 2.75) is 6.42 Å². The van der Waals surface area contributed by atoms with Crippen molar-refractivity contribution in [3.63, 3.8) is 0 Å². The summed E-state index contributed by atoms with van der Waals surface area (Å²) in [6, 6.07) is 5.55. The van der Waals surface area contributed by atoms with Gasteiger partial charge in [0, 0.05) is 36.4 Å². The Labute approximate surface area is 100 Å². The van der Waals surface area contributed by atoms with Gasteiger partial charge in [0.2, 0.25) is 0 Å². The summed E-state index contributed by atoms with van der Waals surface area (Å²) in [5.74, 6) is 1.56. The number of rotatable bonds is 3. The molecule has 0 bridgehead atoms. The molecule has 1 aromatic carbocycles. The molecule has 4 nitrogen and oxygen atoms in total. The number of allylic oxidation sites excluding steroid dienone is 1. The van der Waals surface area contributed by atoms with Gasteiger partial charge in [-0.2, -0.15) is 0 Å². The number of ether oxygens (including phenoxy) is 2. The normalized spacial score (nSPS) is 14.9. The summed E-state index contributed by atoms with van der Waals surface area (Å²) >= 11 is 0. The average molecular weight is 233 g/mol. The van der Waals surface area contributed by atoms with Crippen molar-refractivity contribution in [1.82, 2.24) is 5.32 Å². The second-order valence-corrected chi connectivity index (χ2v) is 3.80. The van der Waals surface area contributed by atoms with Gasteiger partial charge in [0.05, 0.1) is 14.2 Å². The highest BCUT2D eigenvalue weighted by Crippen LogP contribution is 2.26. The molecular weight excluding hydrogens is 218 g/mol. The number of ketones is 1. The molecule has 0 aliphatic carbocycles. The number of nitrogens with one attached hydrogen (secondary N) is 1. The third-order valence-corrected chi connectivity index (χ3v) is 2.65. The van der Waals surface area contributed by atoms with Crippen LogP contribution in [-0.2, 0) is 4.79 Å². The van der Waals surface area contributed by atoms with Gasteiger partial charge in [-0.3, -0.25) is 4.79 Å². The highest BCUT2D eigenvalue weighted by Gasteiger charge is 2.12. The van der Waals surface area contributed by atoms with E-state index in [9.17, 15) is 4.79 Å². The minimum absolute atomic E-state index is 0.139. The summed E-state index contributed by atoms with van der Waals surface area (Å²) in [5, 5.41) is 3.20. The molecular formula is C13H15NO3. The molecule has 0 aromatic heterocycles. The van der Waals surface area contributed by atoms with Gasteiger partial charge >= 0.3 is 0 Å². The summed E-state index contributed by atoms with van der Waals surface area (Å²) in [5.41, 5.74) is 1.72. The Morgan fingerprint density at radius 3 is 2.29 bits per heavy atom. The van der Waals surface area contributed by atoms with Crippen molar-refractivity contribution in [3.05, 3.63) is 29.8 Å². The monoisotopic (exact) mass is 233 g/mol. The van der Waals surface area contributed by atoms with Crippen LogP contribution in [0, 0.1) is 0 Å². The van der Waals surface area contributed by atoms with E-state index in [1.807, 2.05) is 12.1 Å². The van der Waals surface area contributed by atoms with E-state index in [1.54, 1.807) is 26.4 Å². The standard InChI is InChI=1S/C13H15NO3/c1-16-11-5-9(6-12(8-11)17-2)13-7-10(15)3-4-14-13/h5-8,14H,3-4H2,1-2H3. The molecule has 1 N–H and O–H groups in total. The van der Waals surface area contributed by atoms with Gasteiger partial charge in [0.1, 0.15) is 11.5 Å². The zero-order valence-electron chi connectivity index (χ0n) is 9.95. The first-order valence-electron chi connectivity index (χ1n) is 5.45. The molecule has 90 valence electrons. The van der Waals surface area contributed by atoms with Crippen molar-refractivity contribution in [3.8, 4) is 11.5 Å². The van der Waals surface area contributed by atoms with Crippen LogP contribution in [0.4, 0.5) is 0 Å². The number of hydrogen-bond donors (Lipinski definition) is 1. The third-order valence-electron chi connectivity index (χ3n) is 2.65. The molecule has 1 aliphatic heterocycles. The quantitative estimate of drug-likeness (QED) is 0.861. The van der Waals surface area contributed by atoms with E-state index in [0.717, 1.165) is 11.3 Å². The number of methoxy groups -OCH3 is 2. The smallest absolute Gasteiger partial charge is 0.159 e. The molecule has 0 amide bonds. The number of carbonyl (C=O) groups is 1. The first kappa shape index (κ1) is 11.5. The summed E-state index contributed by atoms with van der Waals surface area (Å²) < 4.78 is 10.4. The Morgan fingerprint density at radius 2 is 1.76 bits per heavy atom. The molecule has 0 atom stereocenters. The van der Waals surface area contributed by atoms with Crippen molar-refractivity contribution in [2.75, 3.05) is 20.8 Å². The lowest BCUT2D eigenvalue weighted by Gasteiger charge is -2.16. The summed E-state index contributed by atoms with van der Waals surface area (Å²) in [6.45, 7) is 0.671. The van der Waals surface area contributed by atoms with Gasteiger partial charge in [-0.1, -0.05) is 0 Å². The minimum atomic E-state index is 0.139. The highest BCUT2D eigenvalue weighted by molar-refractivity contribution is 5.98. The van der Waals surface area contributed by atoms with Crippen LogP contribution >= 0.6 is 0 Å². The Balaban J connectivity index is 2.40. The average Bonchev–Trinajstić information content (AvgIpc) is 2.38. The number of hydrogen-bond acceptors (Lipinski definition) is 4. The van der Waals surface area contributed by atoms with Gasteiger partial charge in [0.15, 0.2) is 5.78 Å². The van der Waals surface area contributed by atoms with Gasteiger partial charge in [-0.25, -0.2) is 0 Å². The fraction of sp³-hybridized carbons (Fsp3) is 0.308. The van der Waals surface area contributed by atoms with Crippen molar-refractivity contribution < 1.29 is 14.3 Å². The molecule has 0 fully saturated rings. The molecule has 0 saturated carbocycles. The molecule has 0 radical (unpaired) electrons. The number of carbonyl (C=O) groups excluding carboxylic acids is 1. The van der Waals surface area contributed by atoms with Gasteiger partial charge < -0.3 is 14.8 Å². The van der Waals surface area contributed by atoms with Crippen LogP contribution in [0.15, 0.2) is 24.3 Å². The van der Waals surface area contributed by atoms with E-state index in [4.69, 9.17) is 9.47 Å². The second-order valence-electron chi connectivity index (χ2n) is 3.80. The minimum Gasteiger partial charge on any atom is -0.497 e. The zero-order chi connectivity index (χ0) is 12.3. The van der Waals surface area contributed by atoms with E-state index in [1.165, 1.54) is 0 Å². The second kappa shape index (κ2) is 4.91. The summed E-state index contributed by atoms with van der Waals surface area (Å²) in [4.78, 5) is 11.4. The molecule has 0 spiro atoms. The Kier molecular flexibility index (Phi) is 3.32. The fourth-order valence-corrected chi connectivity index (χ4v) is 1.75. The molecule has 4 heteroatoms. The van der Waals surface area contributed by atoms with Crippen LogP contribution in [0.3, 0.4) is 0 Å². The van der Waals surface area contributed by atoms with Gasteiger partial charge in [-0.05, 0) is 12.1 Å². The topological polar surface area (TPSA) is 47.6 Å². The number of benzene rings is 1. The largest absolute Gasteiger partial charge is 0.497 e. The predicted octanol–water partition coefficient (Wildman–Crippen LogP) is 1.61. The van der Waals surface area contributed by atoms with E-state index < -0.39 is 0 Å². The van der Waals surface area contributed by atoms with Crippen molar-refractivity contribution in [1.29, 1.82) is 0 Å². The maximum absolute atomic E-state index is 11.4. The van der Waals surface area contributed by atoms with Crippen LogP contribution in [0.1, 0.15) is 12.0 Å². The Bertz CT molecular complexity index is 443. The SMILES string of the molecule is COc1cc(OC)cc(C2=CC(=O)CCN2)c1. The fourth-order valence-electron chi connectivity index (χ4n) is 1.75. The van der Waals surface area contributed by atoms with Crippen LogP contribution < -0.4 is 14.8 Å². The lowest BCUT2D eigenvalue weighted by atomic mass is 10.1. The van der Waals surface area contributed by atoms with Crippen molar-refractivity contribution >= 4 is 11.5 Å². The first-order valence-corrected chi connectivity index (χ1v) is 5.45. The molecule has 2 rings (SSSR count). The molecule has 0 saturated heterocycles. The van der Waals surface area contributed by atoms with Crippen LogP contribution in [0.2, 0.25) is 0 Å². The van der Waals surface area contributed by atoms with Crippen LogP contribution in [0.5, 0.6) is 11.5 Å². The summed E-state index contributed by atoms with van der Waals surface area (Å²) in [7, 11) is 3.21. The van der Waals surface area contributed by atoms with E-state index in [2.05, 4.69) is 5.32 Å². The van der Waals surface area contributed by atoms with E-state index in [-0.39, 0.29) is 5.78 Å². The molecule has 1 aromatic rings. The molecule has 0 unspecified atom stereocenters. The summed E-state index contributed by atoms with van der Waals surface area (Å²) in [6.07, 6.45) is 2.17. The van der Waals surface area contributed by atoms with Gasteiger partial charge in [-0.15, -0.1) is 0 Å². The Morgan fingerprint density at radius 1 is 1.12 bits per heavy atom. The van der Waals surface area contributed by atoms with E-state index >= 15 is 0 Å². The molecule has 1 aliphatic rings. The lowest BCUT2D eigenvalue weighted by Crippen LogP contribution is -2.22. The predicted molar refractivity (Wildman–Crippen MR) is 65.1 cm³/mol. The van der Waals surface area contributed by atoms with Crippen LogP contribution in [0.25, 0.3) is 5.70 Å². The third kappa shape index (κ3) is 2.58. The first-order chi connectivity index (χ1) is 8.22. The highest BCUT2D eigenvalue weighted by atomic mass is 16.5. The lowest BCUT2D eigenvalue weighted by molar-refractivity contribution is -0.114. The molecule has 17 heavy (non-hydrogen) atoms. The maximum Gasteiger partial charge on any atom is 0.159 e. The van der Waals surface area contributed by atoms with Crippen molar-refractivity contribution in [2.24, 2.45) is 0 Å². The van der Waals surface area contributed by atoms with Gasteiger partial charge in [0.25, 0.3) is 0 Å².